The first-order valence-corrected chi connectivity index (χ1v) is 4.75. The van der Waals surface area contributed by atoms with E-state index in [1.807, 2.05) is 35.2 Å². The van der Waals surface area contributed by atoms with Gasteiger partial charge in [-0.3, -0.25) is 0 Å². The third-order valence-corrected chi connectivity index (χ3v) is 2.40. The van der Waals surface area contributed by atoms with Crippen molar-refractivity contribution in [3.8, 4) is 0 Å². The lowest BCUT2D eigenvalue weighted by Gasteiger charge is -2.00. The van der Waals surface area contributed by atoms with Crippen LogP contribution in [0.3, 0.4) is 0 Å². The molecule has 0 saturated heterocycles. The van der Waals surface area contributed by atoms with E-state index in [1.165, 1.54) is 0 Å². The lowest BCUT2D eigenvalue weighted by molar-refractivity contribution is -0.618. The van der Waals surface area contributed by atoms with Crippen LogP contribution in [0.5, 0.6) is 0 Å². The van der Waals surface area contributed by atoms with Crippen LogP contribution in [0.1, 0.15) is 25.5 Å². The van der Waals surface area contributed by atoms with E-state index in [-0.39, 0.29) is 0 Å². The van der Waals surface area contributed by atoms with E-state index in [1.54, 1.807) is 0 Å². The van der Waals surface area contributed by atoms with Crippen LogP contribution in [0.2, 0.25) is 5.02 Å². The van der Waals surface area contributed by atoms with Crippen molar-refractivity contribution in [1.29, 1.82) is 0 Å². The number of hydrogen-bond acceptors (Lipinski definition) is 0. The SMILES string of the molecule is CC(C)c1c(Cl)c[n+]2ccccn12. The molecule has 0 amide bonds. The largest absolute Gasteiger partial charge is 0.221 e. The molecule has 0 aliphatic carbocycles. The van der Waals surface area contributed by atoms with Crippen molar-refractivity contribution in [3.63, 3.8) is 0 Å². The van der Waals surface area contributed by atoms with Gasteiger partial charge in [-0.15, -0.1) is 4.52 Å². The molecule has 68 valence electrons. The second kappa shape index (κ2) is 3.04. The Morgan fingerprint density at radius 1 is 1.38 bits per heavy atom. The van der Waals surface area contributed by atoms with Gasteiger partial charge < -0.3 is 0 Å². The molecule has 0 radical (unpaired) electrons. The Labute approximate surface area is 82.4 Å². The Hall–Kier alpha value is -1.02. The quantitative estimate of drug-likeness (QED) is 0.618. The molecule has 0 saturated carbocycles. The molecule has 3 heteroatoms. The molecular formula is C10H12ClN2+. The van der Waals surface area contributed by atoms with E-state index in [0.717, 1.165) is 10.7 Å². The normalized spacial score (nSPS) is 11.4. The van der Waals surface area contributed by atoms with Gasteiger partial charge in [-0.2, -0.15) is 0 Å². The first kappa shape index (κ1) is 8.57. The van der Waals surface area contributed by atoms with Crippen LogP contribution >= 0.6 is 11.6 Å². The highest BCUT2D eigenvalue weighted by Gasteiger charge is 2.16. The van der Waals surface area contributed by atoms with Crippen LogP contribution in [-0.4, -0.2) is 4.52 Å². The van der Waals surface area contributed by atoms with E-state index < -0.39 is 0 Å². The summed E-state index contributed by atoms with van der Waals surface area (Å²) in [6, 6.07) is 3.99. The fourth-order valence-electron chi connectivity index (χ4n) is 1.56. The summed E-state index contributed by atoms with van der Waals surface area (Å²) in [6.45, 7) is 4.28. The second-order valence-electron chi connectivity index (χ2n) is 3.42. The maximum atomic E-state index is 6.12. The minimum absolute atomic E-state index is 0.435. The van der Waals surface area contributed by atoms with Gasteiger partial charge in [-0.25, -0.2) is 0 Å². The molecule has 2 nitrogen and oxygen atoms in total. The van der Waals surface area contributed by atoms with Gasteiger partial charge in [0.2, 0.25) is 12.4 Å². The molecule has 0 aromatic carbocycles. The molecule has 0 spiro atoms. The topological polar surface area (TPSA) is 8.51 Å². The lowest BCUT2D eigenvalue weighted by Crippen LogP contribution is -2.26. The zero-order chi connectivity index (χ0) is 9.42. The molecule has 0 unspecified atom stereocenters. The molecule has 0 bridgehead atoms. The lowest BCUT2D eigenvalue weighted by atomic mass is 10.1. The van der Waals surface area contributed by atoms with Crippen LogP contribution in [0.15, 0.2) is 30.7 Å². The van der Waals surface area contributed by atoms with Gasteiger partial charge in [0.05, 0.1) is 6.20 Å². The van der Waals surface area contributed by atoms with E-state index in [4.69, 9.17) is 11.6 Å². The predicted octanol–water partition coefficient (Wildman–Crippen LogP) is 2.30. The Kier molecular flexibility index (Phi) is 2.00. The number of halogens is 1. The van der Waals surface area contributed by atoms with Gasteiger partial charge in [-0.05, 0) is 6.07 Å². The highest BCUT2D eigenvalue weighted by molar-refractivity contribution is 6.31. The monoisotopic (exact) mass is 195 g/mol. The van der Waals surface area contributed by atoms with E-state index in [9.17, 15) is 0 Å². The summed E-state index contributed by atoms with van der Waals surface area (Å²) >= 11 is 6.12. The maximum absolute atomic E-state index is 6.12. The molecule has 2 aromatic heterocycles. The summed E-state index contributed by atoms with van der Waals surface area (Å²) < 4.78 is 4.05. The van der Waals surface area contributed by atoms with Crippen molar-refractivity contribution in [2.45, 2.75) is 19.8 Å². The molecule has 0 aliphatic heterocycles. The molecule has 0 N–H and O–H groups in total. The number of fused-ring (bicyclic) bond motifs is 1. The van der Waals surface area contributed by atoms with Crippen molar-refractivity contribution in [3.05, 3.63) is 41.4 Å². The van der Waals surface area contributed by atoms with Gasteiger partial charge in [0, 0.05) is 12.0 Å². The third-order valence-electron chi connectivity index (χ3n) is 2.11. The van der Waals surface area contributed by atoms with Gasteiger partial charge in [0.25, 0.3) is 0 Å². The molecule has 0 atom stereocenters. The first-order chi connectivity index (χ1) is 6.20. The predicted molar refractivity (Wildman–Crippen MR) is 52.2 cm³/mol. The minimum Gasteiger partial charge on any atom is -0.125 e. The van der Waals surface area contributed by atoms with E-state index >= 15 is 0 Å². The maximum Gasteiger partial charge on any atom is 0.221 e. The number of aromatic nitrogens is 2. The van der Waals surface area contributed by atoms with Crippen LogP contribution in [0, 0.1) is 0 Å². The summed E-state index contributed by atoms with van der Waals surface area (Å²) in [5, 5.41) is 0.825. The van der Waals surface area contributed by atoms with Crippen LogP contribution < -0.4 is 4.52 Å². The Bertz CT molecular complexity index is 431. The van der Waals surface area contributed by atoms with Crippen molar-refractivity contribution < 1.29 is 4.52 Å². The zero-order valence-electron chi connectivity index (χ0n) is 7.74. The van der Waals surface area contributed by atoms with E-state index in [2.05, 4.69) is 18.4 Å². The Morgan fingerprint density at radius 2 is 2.15 bits per heavy atom. The molecule has 2 aromatic rings. The van der Waals surface area contributed by atoms with Crippen molar-refractivity contribution in [2.75, 3.05) is 0 Å². The fraction of sp³-hybridized carbons (Fsp3) is 0.300. The Balaban J connectivity index is 2.78. The van der Waals surface area contributed by atoms with Crippen molar-refractivity contribution >= 4 is 11.6 Å². The van der Waals surface area contributed by atoms with Gasteiger partial charge in [-0.1, -0.05) is 30.0 Å². The summed E-state index contributed by atoms with van der Waals surface area (Å²) in [7, 11) is 0. The summed E-state index contributed by atoms with van der Waals surface area (Å²) in [6.07, 6.45) is 5.93. The first-order valence-electron chi connectivity index (χ1n) is 4.37. The molecular weight excluding hydrogens is 184 g/mol. The summed E-state index contributed by atoms with van der Waals surface area (Å²) in [5.41, 5.74) is 1.15. The van der Waals surface area contributed by atoms with Crippen LogP contribution in [0.25, 0.3) is 0 Å². The van der Waals surface area contributed by atoms with Gasteiger partial charge in [0.15, 0.2) is 0 Å². The average Bonchev–Trinajstić information content (AvgIpc) is 2.39. The molecule has 2 heterocycles. The fourth-order valence-corrected chi connectivity index (χ4v) is 1.96. The highest BCUT2D eigenvalue weighted by Crippen LogP contribution is 2.21. The Morgan fingerprint density at radius 3 is 2.85 bits per heavy atom. The summed E-state index contributed by atoms with van der Waals surface area (Å²) in [4.78, 5) is 0. The molecule has 0 fully saturated rings. The van der Waals surface area contributed by atoms with Crippen molar-refractivity contribution in [2.24, 2.45) is 0 Å². The number of hydrogen-bond donors (Lipinski definition) is 0. The summed E-state index contributed by atoms with van der Waals surface area (Å²) in [5.74, 6) is 0.435. The smallest absolute Gasteiger partial charge is 0.125 e. The van der Waals surface area contributed by atoms with Gasteiger partial charge in [0.1, 0.15) is 10.7 Å². The molecule has 0 aliphatic rings. The zero-order valence-corrected chi connectivity index (χ0v) is 8.49. The van der Waals surface area contributed by atoms with Crippen molar-refractivity contribution in [1.82, 2.24) is 4.52 Å². The van der Waals surface area contributed by atoms with Gasteiger partial charge >= 0.3 is 0 Å². The average molecular weight is 196 g/mol. The van der Waals surface area contributed by atoms with E-state index in [0.29, 0.717) is 5.92 Å². The number of rotatable bonds is 1. The second-order valence-corrected chi connectivity index (χ2v) is 3.83. The highest BCUT2D eigenvalue weighted by atomic mass is 35.5. The molecule has 2 rings (SSSR count). The van der Waals surface area contributed by atoms with Crippen LogP contribution in [-0.2, 0) is 0 Å². The minimum atomic E-state index is 0.435. The molecule has 13 heavy (non-hydrogen) atoms. The standard InChI is InChI=1S/C10H12ClN2/c1-8(2)10-9(11)7-12-5-3-4-6-13(10)12/h3-8H,1-2H3/q+1. The number of nitrogens with zero attached hydrogens (tertiary/aromatic N) is 2. The van der Waals surface area contributed by atoms with Crippen LogP contribution in [0.4, 0.5) is 0 Å². The third kappa shape index (κ3) is 1.31.